The Morgan fingerprint density at radius 2 is 1.87 bits per heavy atom. The summed E-state index contributed by atoms with van der Waals surface area (Å²) in [6, 6.07) is 7.48. The van der Waals surface area contributed by atoms with Gasteiger partial charge in [-0.2, -0.15) is 0 Å². The van der Waals surface area contributed by atoms with E-state index in [-0.39, 0.29) is 11.6 Å². The molecule has 0 aliphatic heterocycles. The van der Waals surface area contributed by atoms with Crippen LogP contribution in [0.3, 0.4) is 0 Å². The number of halogens is 1. The van der Waals surface area contributed by atoms with Crippen molar-refractivity contribution < 1.29 is 18.7 Å². The van der Waals surface area contributed by atoms with Crippen LogP contribution in [0.4, 0.5) is 0 Å². The highest BCUT2D eigenvalue weighted by atomic mass is 127. The largest absolute Gasteiger partial charge is 0.492 e. The van der Waals surface area contributed by atoms with Gasteiger partial charge in [0.1, 0.15) is 14.8 Å². The fourth-order valence-corrected chi connectivity index (χ4v) is 4.05. The van der Waals surface area contributed by atoms with E-state index in [1.807, 2.05) is 25.1 Å². The molecule has 0 radical (unpaired) electrons. The molecular weight excluding hydrogens is 495 g/mol. The van der Waals surface area contributed by atoms with Crippen molar-refractivity contribution in [2.45, 2.75) is 69.6 Å². The molecule has 30 heavy (non-hydrogen) atoms. The molecule has 0 amide bonds. The highest BCUT2D eigenvalue weighted by molar-refractivity contribution is 14.1. The Morgan fingerprint density at radius 3 is 2.57 bits per heavy atom. The molecule has 166 valence electrons. The van der Waals surface area contributed by atoms with Gasteiger partial charge in [0.15, 0.2) is 0 Å². The monoisotopic (exact) mass is 528 g/mol. The van der Waals surface area contributed by atoms with Crippen molar-refractivity contribution in [3.63, 3.8) is 0 Å². The molecule has 2 rings (SSSR count). The molecule has 0 bridgehead atoms. The molecule has 5 nitrogen and oxygen atoms in total. The lowest BCUT2D eigenvalue weighted by molar-refractivity contribution is -0.145. The Morgan fingerprint density at radius 1 is 1.17 bits per heavy atom. The molecule has 0 aliphatic rings. The number of carbonyl (C=O) groups excluding carboxylic acids is 1. The number of para-hydroxylation sites is 1. The van der Waals surface area contributed by atoms with Crippen LogP contribution in [-0.4, -0.2) is 22.6 Å². The molecule has 0 aliphatic carbocycles. The number of esters is 1. The van der Waals surface area contributed by atoms with E-state index >= 15 is 0 Å². The van der Waals surface area contributed by atoms with Crippen LogP contribution in [0, 0.1) is 5.92 Å². The SMILES string of the molecule is CCCC(C)(I)C(=O)OCCCCCOc1c(CC(C)C)c(=O)oc2ccccc12. The first-order chi connectivity index (χ1) is 14.3. The number of fused-ring (bicyclic) bond motifs is 1. The molecule has 0 saturated heterocycles. The third-order valence-electron chi connectivity index (χ3n) is 4.88. The number of unbranched alkanes of at least 4 members (excludes halogenated alkanes) is 2. The van der Waals surface area contributed by atoms with Crippen LogP contribution in [0.15, 0.2) is 33.5 Å². The van der Waals surface area contributed by atoms with Crippen LogP contribution < -0.4 is 10.4 Å². The van der Waals surface area contributed by atoms with Crippen molar-refractivity contribution in [3.05, 3.63) is 40.2 Å². The van der Waals surface area contributed by atoms with Crippen molar-refractivity contribution in [1.29, 1.82) is 0 Å². The topological polar surface area (TPSA) is 65.7 Å². The van der Waals surface area contributed by atoms with Gasteiger partial charge in [0.25, 0.3) is 0 Å². The first kappa shape index (κ1) is 24.7. The molecular formula is C24H33IO5. The Bertz CT molecular complexity index is 885. The highest BCUT2D eigenvalue weighted by Gasteiger charge is 2.30. The van der Waals surface area contributed by atoms with Crippen molar-refractivity contribution in [2.75, 3.05) is 13.2 Å². The number of ether oxygens (including phenoxy) is 2. The van der Waals surface area contributed by atoms with Gasteiger partial charge in [-0.15, -0.1) is 0 Å². The molecule has 0 spiro atoms. The third-order valence-corrected chi connectivity index (χ3v) is 5.86. The summed E-state index contributed by atoms with van der Waals surface area (Å²) in [6.07, 6.45) is 4.90. The second-order valence-electron chi connectivity index (χ2n) is 8.28. The summed E-state index contributed by atoms with van der Waals surface area (Å²) in [6.45, 7) is 9.06. The van der Waals surface area contributed by atoms with E-state index in [9.17, 15) is 9.59 Å². The van der Waals surface area contributed by atoms with Gasteiger partial charge in [-0.05, 0) is 57.1 Å². The fourth-order valence-electron chi connectivity index (χ4n) is 3.35. The van der Waals surface area contributed by atoms with Gasteiger partial charge in [0, 0.05) is 0 Å². The maximum atomic E-state index is 12.5. The summed E-state index contributed by atoms with van der Waals surface area (Å²) in [5.41, 5.74) is 0.832. The average Bonchev–Trinajstić information content (AvgIpc) is 2.68. The van der Waals surface area contributed by atoms with Gasteiger partial charge in [0.05, 0.1) is 24.2 Å². The van der Waals surface area contributed by atoms with Gasteiger partial charge < -0.3 is 13.9 Å². The number of rotatable bonds is 12. The number of benzene rings is 1. The first-order valence-corrected chi connectivity index (χ1v) is 11.9. The molecule has 6 heteroatoms. The van der Waals surface area contributed by atoms with E-state index in [1.165, 1.54) is 0 Å². The standard InChI is InChI=1S/C24H33IO5/c1-5-13-24(4,25)23(27)29-15-10-6-9-14-28-21-18-11-7-8-12-20(18)30-22(26)19(21)16-17(2)3/h7-8,11-12,17H,5-6,9-10,13-16H2,1-4H3. The Balaban J connectivity index is 1.89. The minimum absolute atomic E-state index is 0.137. The lowest BCUT2D eigenvalue weighted by atomic mass is 10.0. The van der Waals surface area contributed by atoms with Crippen LogP contribution in [0.25, 0.3) is 11.0 Å². The Hall–Kier alpha value is -1.57. The molecule has 0 N–H and O–H groups in total. The van der Waals surface area contributed by atoms with Gasteiger partial charge in [0.2, 0.25) is 0 Å². The van der Waals surface area contributed by atoms with Crippen molar-refractivity contribution in [3.8, 4) is 5.75 Å². The van der Waals surface area contributed by atoms with E-state index in [2.05, 4.69) is 43.4 Å². The normalized spacial score (nSPS) is 13.4. The minimum Gasteiger partial charge on any atom is -0.492 e. The van der Waals surface area contributed by atoms with Crippen LogP contribution in [0.1, 0.15) is 65.4 Å². The quantitative estimate of drug-likeness (QED) is 0.110. The first-order valence-electron chi connectivity index (χ1n) is 10.8. The second kappa shape index (κ2) is 11.7. The Kier molecular flexibility index (Phi) is 9.65. The van der Waals surface area contributed by atoms with E-state index in [1.54, 1.807) is 6.07 Å². The zero-order valence-electron chi connectivity index (χ0n) is 18.5. The average molecular weight is 528 g/mol. The van der Waals surface area contributed by atoms with Gasteiger partial charge in [-0.3, -0.25) is 4.79 Å². The van der Waals surface area contributed by atoms with E-state index in [0.29, 0.717) is 42.4 Å². The van der Waals surface area contributed by atoms with Gasteiger partial charge in [-0.25, -0.2) is 4.79 Å². The molecule has 1 heterocycles. The lowest BCUT2D eigenvalue weighted by Crippen LogP contribution is -2.30. The number of carbonyl (C=O) groups is 1. The highest BCUT2D eigenvalue weighted by Crippen LogP contribution is 2.29. The van der Waals surface area contributed by atoms with Crippen LogP contribution in [-0.2, 0) is 16.0 Å². The second-order valence-corrected chi connectivity index (χ2v) is 10.7. The van der Waals surface area contributed by atoms with Crippen molar-refractivity contribution >= 4 is 39.5 Å². The van der Waals surface area contributed by atoms with Crippen molar-refractivity contribution in [1.82, 2.24) is 0 Å². The zero-order chi connectivity index (χ0) is 22.1. The fraction of sp³-hybridized carbons (Fsp3) is 0.583. The number of hydrogen-bond donors (Lipinski definition) is 0. The summed E-state index contributed by atoms with van der Waals surface area (Å²) >= 11 is 2.18. The van der Waals surface area contributed by atoms with Gasteiger partial charge in [-0.1, -0.05) is 61.9 Å². The lowest BCUT2D eigenvalue weighted by Gasteiger charge is -2.19. The minimum atomic E-state index is -0.447. The summed E-state index contributed by atoms with van der Waals surface area (Å²) in [4.78, 5) is 24.6. The van der Waals surface area contributed by atoms with Crippen LogP contribution >= 0.6 is 22.6 Å². The third kappa shape index (κ3) is 7.00. The summed E-state index contributed by atoms with van der Waals surface area (Å²) in [5.74, 6) is 0.826. The molecule has 2 aromatic rings. The van der Waals surface area contributed by atoms with Crippen LogP contribution in [0.5, 0.6) is 5.75 Å². The number of alkyl halides is 1. The molecule has 1 aromatic carbocycles. The predicted octanol–water partition coefficient (Wildman–Crippen LogP) is 6.08. The summed E-state index contributed by atoms with van der Waals surface area (Å²) in [5, 5.41) is 0.832. The summed E-state index contributed by atoms with van der Waals surface area (Å²) in [7, 11) is 0. The van der Waals surface area contributed by atoms with E-state index < -0.39 is 3.42 Å². The van der Waals surface area contributed by atoms with Gasteiger partial charge >= 0.3 is 11.6 Å². The predicted molar refractivity (Wildman–Crippen MR) is 129 cm³/mol. The smallest absolute Gasteiger partial charge is 0.343 e. The van der Waals surface area contributed by atoms with E-state index in [0.717, 1.165) is 37.5 Å². The molecule has 1 atom stereocenters. The zero-order valence-corrected chi connectivity index (χ0v) is 20.6. The van der Waals surface area contributed by atoms with E-state index in [4.69, 9.17) is 13.9 Å². The summed E-state index contributed by atoms with van der Waals surface area (Å²) < 4.78 is 16.5. The van der Waals surface area contributed by atoms with Crippen LogP contribution in [0.2, 0.25) is 0 Å². The Labute approximate surface area is 192 Å². The molecule has 0 fully saturated rings. The molecule has 1 unspecified atom stereocenters. The maximum absolute atomic E-state index is 12.5. The molecule has 1 aromatic heterocycles. The van der Waals surface area contributed by atoms with Crippen molar-refractivity contribution in [2.24, 2.45) is 5.92 Å². The molecule has 0 saturated carbocycles. The number of hydrogen-bond acceptors (Lipinski definition) is 5. The maximum Gasteiger partial charge on any atom is 0.343 e.